The summed E-state index contributed by atoms with van der Waals surface area (Å²) in [6.07, 6.45) is 4.06. The molecular weight excluding hydrogens is 318 g/mol. The molecule has 3 unspecified atom stereocenters. The number of nitrogens with zero attached hydrogens (tertiary/aromatic N) is 2. The lowest BCUT2D eigenvalue weighted by Crippen LogP contribution is -2.60. The molecule has 2 aliphatic rings. The van der Waals surface area contributed by atoms with Crippen LogP contribution in [0.5, 0.6) is 0 Å². The van der Waals surface area contributed by atoms with E-state index in [-0.39, 0.29) is 35.6 Å². The lowest BCUT2D eigenvalue weighted by molar-refractivity contribution is -0.146. The molecule has 3 amide bonds. The number of nitrogens with one attached hydrogen (secondary N) is 1. The molecule has 6 heteroatoms. The van der Waals surface area contributed by atoms with Crippen LogP contribution in [0.1, 0.15) is 59.8 Å². The van der Waals surface area contributed by atoms with Crippen molar-refractivity contribution in [2.24, 2.45) is 11.8 Å². The minimum Gasteiger partial charge on any atom is -0.344 e. The maximum atomic E-state index is 13.0. The van der Waals surface area contributed by atoms with E-state index < -0.39 is 6.04 Å². The Balaban J connectivity index is 1.98. The van der Waals surface area contributed by atoms with E-state index in [9.17, 15) is 14.4 Å². The zero-order chi connectivity index (χ0) is 18.6. The molecule has 25 heavy (non-hydrogen) atoms. The molecular formula is C19H33N3O3. The molecule has 142 valence electrons. The van der Waals surface area contributed by atoms with Gasteiger partial charge in [0.1, 0.15) is 6.04 Å². The maximum Gasteiger partial charge on any atom is 0.245 e. The third kappa shape index (κ3) is 4.95. The second kappa shape index (κ2) is 8.68. The van der Waals surface area contributed by atoms with E-state index in [4.69, 9.17) is 0 Å². The summed E-state index contributed by atoms with van der Waals surface area (Å²) in [6.45, 7) is 9.70. The Hall–Kier alpha value is -1.59. The smallest absolute Gasteiger partial charge is 0.245 e. The Morgan fingerprint density at radius 2 is 1.84 bits per heavy atom. The van der Waals surface area contributed by atoms with Crippen LogP contribution >= 0.6 is 0 Å². The summed E-state index contributed by atoms with van der Waals surface area (Å²) in [5.41, 5.74) is 0. The molecule has 0 spiro atoms. The Morgan fingerprint density at radius 3 is 2.36 bits per heavy atom. The van der Waals surface area contributed by atoms with Gasteiger partial charge in [0.2, 0.25) is 17.7 Å². The van der Waals surface area contributed by atoms with Crippen LogP contribution in [-0.4, -0.2) is 59.2 Å². The van der Waals surface area contributed by atoms with Crippen LogP contribution in [-0.2, 0) is 14.4 Å². The first-order valence-electron chi connectivity index (χ1n) is 9.77. The molecule has 0 bridgehead atoms. The minimum atomic E-state index is -0.470. The minimum absolute atomic E-state index is 0.0100. The van der Waals surface area contributed by atoms with Gasteiger partial charge in [-0.05, 0) is 32.1 Å². The van der Waals surface area contributed by atoms with Gasteiger partial charge in [0.15, 0.2) is 0 Å². The quantitative estimate of drug-likeness (QED) is 0.760. The van der Waals surface area contributed by atoms with Gasteiger partial charge in [-0.25, -0.2) is 0 Å². The van der Waals surface area contributed by atoms with E-state index >= 15 is 0 Å². The van der Waals surface area contributed by atoms with Crippen LogP contribution < -0.4 is 5.32 Å². The van der Waals surface area contributed by atoms with Crippen molar-refractivity contribution in [2.75, 3.05) is 19.6 Å². The van der Waals surface area contributed by atoms with E-state index in [1.54, 1.807) is 0 Å². The summed E-state index contributed by atoms with van der Waals surface area (Å²) in [7, 11) is 0. The van der Waals surface area contributed by atoms with Crippen LogP contribution in [0.4, 0.5) is 0 Å². The van der Waals surface area contributed by atoms with Gasteiger partial charge in [-0.2, -0.15) is 0 Å². The van der Waals surface area contributed by atoms with E-state index in [2.05, 4.69) is 5.32 Å². The number of amides is 3. The van der Waals surface area contributed by atoms with Gasteiger partial charge in [-0.1, -0.05) is 27.2 Å². The summed E-state index contributed by atoms with van der Waals surface area (Å²) in [4.78, 5) is 41.1. The summed E-state index contributed by atoms with van der Waals surface area (Å²) >= 11 is 0. The van der Waals surface area contributed by atoms with Gasteiger partial charge in [0, 0.05) is 38.0 Å². The van der Waals surface area contributed by atoms with Crippen molar-refractivity contribution in [1.82, 2.24) is 15.1 Å². The molecule has 0 radical (unpaired) electrons. The first kappa shape index (κ1) is 19.7. The second-order valence-corrected chi connectivity index (χ2v) is 7.62. The average molecular weight is 351 g/mol. The molecule has 0 aromatic heterocycles. The SMILES string of the molecule is CCCC(=O)NC(C(=O)N1CCN(C(=O)C2CC2)C(C)C1)C(C)CC. The Morgan fingerprint density at radius 1 is 1.16 bits per heavy atom. The molecule has 1 aliphatic heterocycles. The predicted octanol–water partition coefficient (Wildman–Crippen LogP) is 1.79. The van der Waals surface area contributed by atoms with Gasteiger partial charge in [-0.15, -0.1) is 0 Å². The number of rotatable bonds is 7. The van der Waals surface area contributed by atoms with Crippen molar-refractivity contribution >= 4 is 17.7 Å². The zero-order valence-electron chi connectivity index (χ0n) is 16.1. The van der Waals surface area contributed by atoms with Gasteiger partial charge in [0.25, 0.3) is 0 Å². The fraction of sp³-hybridized carbons (Fsp3) is 0.842. The molecule has 3 atom stereocenters. The molecule has 2 fully saturated rings. The molecule has 0 aromatic rings. The van der Waals surface area contributed by atoms with E-state index in [1.165, 1.54) is 0 Å². The maximum absolute atomic E-state index is 13.0. The Bertz CT molecular complexity index is 504. The number of piperazine rings is 1. The van der Waals surface area contributed by atoms with Gasteiger partial charge in [0.05, 0.1) is 0 Å². The normalized spacial score (nSPS) is 23.1. The highest BCUT2D eigenvalue weighted by atomic mass is 16.2. The highest BCUT2D eigenvalue weighted by molar-refractivity contribution is 5.88. The van der Waals surface area contributed by atoms with Gasteiger partial charge >= 0.3 is 0 Å². The van der Waals surface area contributed by atoms with E-state index in [1.807, 2.05) is 37.5 Å². The van der Waals surface area contributed by atoms with Crippen molar-refractivity contribution in [3.8, 4) is 0 Å². The van der Waals surface area contributed by atoms with Crippen LogP contribution in [0.15, 0.2) is 0 Å². The lowest BCUT2D eigenvalue weighted by atomic mass is 9.96. The average Bonchev–Trinajstić information content (AvgIpc) is 3.43. The highest BCUT2D eigenvalue weighted by Crippen LogP contribution is 2.32. The topological polar surface area (TPSA) is 69.7 Å². The van der Waals surface area contributed by atoms with Crippen molar-refractivity contribution in [3.05, 3.63) is 0 Å². The number of carbonyl (C=O) groups is 3. The van der Waals surface area contributed by atoms with Gasteiger partial charge < -0.3 is 15.1 Å². The van der Waals surface area contributed by atoms with Crippen LogP contribution in [0.25, 0.3) is 0 Å². The molecule has 1 N–H and O–H groups in total. The lowest BCUT2D eigenvalue weighted by Gasteiger charge is -2.41. The fourth-order valence-electron chi connectivity index (χ4n) is 3.40. The summed E-state index contributed by atoms with van der Waals surface area (Å²) in [5, 5.41) is 2.93. The van der Waals surface area contributed by atoms with Crippen LogP contribution in [0, 0.1) is 11.8 Å². The predicted molar refractivity (Wildman–Crippen MR) is 96.8 cm³/mol. The zero-order valence-corrected chi connectivity index (χ0v) is 16.1. The standard InChI is InChI=1S/C19H33N3O3/c1-5-7-16(23)20-17(13(3)6-2)19(25)21-10-11-22(14(4)12-21)18(24)15-8-9-15/h13-15,17H,5-12H2,1-4H3,(H,20,23). The first-order chi connectivity index (χ1) is 11.9. The molecule has 1 aliphatic carbocycles. The largest absolute Gasteiger partial charge is 0.344 e. The third-order valence-corrected chi connectivity index (χ3v) is 5.42. The number of hydrogen-bond acceptors (Lipinski definition) is 3. The summed E-state index contributed by atoms with van der Waals surface area (Å²) in [6, 6.07) is -0.434. The van der Waals surface area contributed by atoms with Crippen molar-refractivity contribution in [2.45, 2.75) is 71.9 Å². The molecule has 2 rings (SSSR count). The van der Waals surface area contributed by atoms with Crippen molar-refractivity contribution in [3.63, 3.8) is 0 Å². The number of hydrogen-bond donors (Lipinski definition) is 1. The second-order valence-electron chi connectivity index (χ2n) is 7.62. The first-order valence-corrected chi connectivity index (χ1v) is 9.77. The Kier molecular flexibility index (Phi) is 6.85. The van der Waals surface area contributed by atoms with E-state index in [0.717, 1.165) is 25.7 Å². The fourth-order valence-corrected chi connectivity index (χ4v) is 3.40. The van der Waals surface area contributed by atoms with Crippen LogP contribution in [0.3, 0.4) is 0 Å². The van der Waals surface area contributed by atoms with E-state index in [0.29, 0.717) is 26.1 Å². The highest BCUT2D eigenvalue weighted by Gasteiger charge is 2.39. The van der Waals surface area contributed by atoms with Crippen molar-refractivity contribution < 1.29 is 14.4 Å². The molecule has 1 saturated heterocycles. The number of carbonyl (C=O) groups excluding carboxylic acids is 3. The molecule has 6 nitrogen and oxygen atoms in total. The monoisotopic (exact) mass is 351 g/mol. The molecule has 1 saturated carbocycles. The van der Waals surface area contributed by atoms with Crippen LogP contribution in [0.2, 0.25) is 0 Å². The Labute approximate surface area is 151 Å². The van der Waals surface area contributed by atoms with Crippen molar-refractivity contribution in [1.29, 1.82) is 0 Å². The molecule has 0 aromatic carbocycles. The van der Waals surface area contributed by atoms with Gasteiger partial charge in [-0.3, -0.25) is 14.4 Å². The molecule has 1 heterocycles. The third-order valence-electron chi connectivity index (χ3n) is 5.42. The summed E-state index contributed by atoms with van der Waals surface area (Å²) in [5.74, 6) is 0.482. The summed E-state index contributed by atoms with van der Waals surface area (Å²) < 4.78 is 0.